The van der Waals surface area contributed by atoms with Gasteiger partial charge in [0.25, 0.3) is 0 Å². The van der Waals surface area contributed by atoms with Crippen LogP contribution in [0.1, 0.15) is 0 Å². The lowest BCUT2D eigenvalue weighted by atomic mass is 10.2. The highest BCUT2D eigenvalue weighted by Crippen LogP contribution is 2.29. The topological polar surface area (TPSA) is 133 Å². The maximum Gasteiger partial charge on any atom is 0.161 e. The predicted octanol–water partition coefficient (Wildman–Crippen LogP) is 7.67. The standard InChI is InChI=1S/C44H40N6O6/c1-2-16-44(56-28-24-52-22-26-54-34-31-41(37-13-5-9-19-47-37)50-42(32-34)38-14-6-10-20-48-38)43(15-1)55-27-23-51-21-25-53-33-29-39(35-11-3-7-17-45-35)49-40(30-33)36-12-4-8-18-46-36/h1-20,29-32H,21-28H2. The number of ether oxygens (including phenoxy) is 6. The lowest BCUT2D eigenvalue weighted by Gasteiger charge is -2.14. The largest absolute Gasteiger partial charge is 0.491 e. The Labute approximate surface area is 325 Å². The average Bonchev–Trinajstić information content (AvgIpc) is 3.27. The van der Waals surface area contributed by atoms with Crippen molar-refractivity contribution in [2.45, 2.75) is 0 Å². The van der Waals surface area contributed by atoms with Gasteiger partial charge in [-0.15, -0.1) is 0 Å². The van der Waals surface area contributed by atoms with Crippen LogP contribution in [0.5, 0.6) is 23.0 Å². The van der Waals surface area contributed by atoms with Crippen LogP contribution in [0.2, 0.25) is 0 Å². The van der Waals surface area contributed by atoms with E-state index in [0.29, 0.717) is 98.6 Å². The quantitative estimate of drug-likeness (QED) is 0.0709. The molecule has 0 aliphatic carbocycles. The normalized spacial score (nSPS) is 10.9. The number of nitrogens with zero attached hydrogens (tertiary/aromatic N) is 6. The summed E-state index contributed by atoms with van der Waals surface area (Å²) in [5.41, 5.74) is 5.80. The molecule has 12 nitrogen and oxygen atoms in total. The molecule has 0 aliphatic rings. The zero-order chi connectivity index (χ0) is 38.0. The van der Waals surface area contributed by atoms with E-state index in [2.05, 4.69) is 19.9 Å². The van der Waals surface area contributed by atoms with E-state index >= 15 is 0 Å². The van der Waals surface area contributed by atoms with Crippen molar-refractivity contribution in [3.05, 3.63) is 146 Å². The Kier molecular flexibility index (Phi) is 13.5. The van der Waals surface area contributed by atoms with Crippen molar-refractivity contribution in [3.8, 4) is 68.5 Å². The molecule has 7 aromatic rings. The Bertz CT molecular complexity index is 1960. The summed E-state index contributed by atoms with van der Waals surface area (Å²) in [6, 6.07) is 37.8. The van der Waals surface area contributed by atoms with Crippen LogP contribution in [0.25, 0.3) is 45.6 Å². The van der Waals surface area contributed by atoms with Gasteiger partial charge in [0.2, 0.25) is 0 Å². The summed E-state index contributed by atoms with van der Waals surface area (Å²) >= 11 is 0. The molecule has 12 heteroatoms. The second-order valence-corrected chi connectivity index (χ2v) is 12.1. The first-order valence-corrected chi connectivity index (χ1v) is 18.2. The third kappa shape index (κ3) is 10.9. The first kappa shape index (κ1) is 37.6. The van der Waals surface area contributed by atoms with Crippen LogP contribution in [0.15, 0.2) is 146 Å². The molecule has 0 unspecified atom stereocenters. The van der Waals surface area contributed by atoms with Gasteiger partial charge in [0.05, 0.1) is 72.0 Å². The van der Waals surface area contributed by atoms with Gasteiger partial charge < -0.3 is 28.4 Å². The van der Waals surface area contributed by atoms with E-state index in [9.17, 15) is 0 Å². The fourth-order valence-corrected chi connectivity index (χ4v) is 5.51. The molecule has 56 heavy (non-hydrogen) atoms. The van der Waals surface area contributed by atoms with Crippen LogP contribution in [0, 0.1) is 0 Å². The minimum Gasteiger partial charge on any atom is -0.491 e. The first-order valence-electron chi connectivity index (χ1n) is 18.2. The fraction of sp³-hybridized carbons (Fsp3) is 0.182. The maximum atomic E-state index is 6.05. The predicted molar refractivity (Wildman–Crippen MR) is 211 cm³/mol. The number of hydrogen-bond acceptors (Lipinski definition) is 12. The van der Waals surface area contributed by atoms with Crippen molar-refractivity contribution in [2.75, 3.05) is 52.9 Å². The van der Waals surface area contributed by atoms with Crippen molar-refractivity contribution in [2.24, 2.45) is 0 Å². The smallest absolute Gasteiger partial charge is 0.161 e. The van der Waals surface area contributed by atoms with Gasteiger partial charge in [0, 0.05) is 49.1 Å². The zero-order valence-corrected chi connectivity index (χ0v) is 30.6. The Morgan fingerprint density at radius 2 is 0.607 bits per heavy atom. The lowest BCUT2D eigenvalue weighted by Crippen LogP contribution is -2.14. The zero-order valence-electron chi connectivity index (χ0n) is 30.6. The fourth-order valence-electron chi connectivity index (χ4n) is 5.51. The molecule has 1 aromatic carbocycles. The molecule has 0 radical (unpaired) electrons. The van der Waals surface area contributed by atoms with E-state index in [4.69, 9.17) is 38.4 Å². The van der Waals surface area contributed by atoms with Crippen LogP contribution in [0.3, 0.4) is 0 Å². The first-order chi connectivity index (χ1) is 27.8. The molecular formula is C44H40N6O6. The molecule has 0 spiro atoms. The van der Waals surface area contributed by atoms with Gasteiger partial charge in [0.15, 0.2) is 11.5 Å². The van der Waals surface area contributed by atoms with Crippen molar-refractivity contribution < 1.29 is 28.4 Å². The minimum atomic E-state index is 0.343. The molecule has 0 aliphatic heterocycles. The molecule has 0 amide bonds. The SMILES string of the molecule is c1ccc(-c2cc(OCCOCCOc3ccccc3OCCOCCOc3cc(-c4ccccn4)nc(-c4ccccn4)c3)cc(-c3ccccn3)n2)nc1. The number of benzene rings is 1. The van der Waals surface area contributed by atoms with Crippen LogP contribution >= 0.6 is 0 Å². The van der Waals surface area contributed by atoms with Crippen LogP contribution in [-0.4, -0.2) is 82.8 Å². The molecule has 282 valence electrons. The van der Waals surface area contributed by atoms with E-state index in [0.717, 1.165) is 22.8 Å². The highest BCUT2D eigenvalue weighted by Gasteiger charge is 2.12. The van der Waals surface area contributed by atoms with E-state index in [1.807, 2.05) is 121 Å². The molecule has 0 saturated heterocycles. The summed E-state index contributed by atoms with van der Waals surface area (Å²) in [5.74, 6) is 2.56. The summed E-state index contributed by atoms with van der Waals surface area (Å²) < 4.78 is 35.6. The highest BCUT2D eigenvalue weighted by atomic mass is 16.6. The Hall–Kier alpha value is -6.76. The second kappa shape index (κ2) is 20.1. The average molecular weight is 749 g/mol. The highest BCUT2D eigenvalue weighted by molar-refractivity contribution is 5.65. The monoisotopic (exact) mass is 748 g/mol. The van der Waals surface area contributed by atoms with Gasteiger partial charge in [0.1, 0.15) is 37.9 Å². The summed E-state index contributed by atoms with van der Waals surface area (Å²) in [4.78, 5) is 27.3. The molecule has 0 bridgehead atoms. The van der Waals surface area contributed by atoms with Crippen molar-refractivity contribution in [1.29, 1.82) is 0 Å². The number of para-hydroxylation sites is 2. The third-order valence-electron chi connectivity index (χ3n) is 8.12. The van der Waals surface area contributed by atoms with E-state index in [1.165, 1.54) is 0 Å². The number of pyridine rings is 6. The molecule has 6 heterocycles. The van der Waals surface area contributed by atoms with Crippen molar-refractivity contribution in [3.63, 3.8) is 0 Å². The van der Waals surface area contributed by atoms with Gasteiger partial charge >= 0.3 is 0 Å². The number of rotatable bonds is 20. The summed E-state index contributed by atoms with van der Waals surface area (Å²) in [5, 5.41) is 0. The minimum absolute atomic E-state index is 0.343. The number of aromatic nitrogens is 6. The Morgan fingerprint density at radius 3 is 0.911 bits per heavy atom. The van der Waals surface area contributed by atoms with Gasteiger partial charge in [-0.2, -0.15) is 0 Å². The van der Waals surface area contributed by atoms with E-state index in [1.54, 1.807) is 24.8 Å². The molecule has 0 N–H and O–H groups in total. The number of hydrogen-bond donors (Lipinski definition) is 0. The maximum absolute atomic E-state index is 6.05. The van der Waals surface area contributed by atoms with E-state index in [-0.39, 0.29) is 0 Å². The summed E-state index contributed by atoms with van der Waals surface area (Å²) in [6.07, 6.45) is 6.96. The molecule has 0 fully saturated rings. The summed E-state index contributed by atoms with van der Waals surface area (Å²) in [7, 11) is 0. The molecule has 0 saturated carbocycles. The second-order valence-electron chi connectivity index (χ2n) is 12.1. The molecular weight excluding hydrogens is 709 g/mol. The Morgan fingerprint density at radius 1 is 0.304 bits per heavy atom. The van der Waals surface area contributed by atoms with Gasteiger partial charge in [-0.25, -0.2) is 9.97 Å². The van der Waals surface area contributed by atoms with Gasteiger partial charge in [-0.1, -0.05) is 36.4 Å². The van der Waals surface area contributed by atoms with Crippen LogP contribution < -0.4 is 18.9 Å². The Balaban J connectivity index is 0.816. The molecule has 0 atom stereocenters. The molecule has 6 aromatic heterocycles. The van der Waals surface area contributed by atoms with Crippen LogP contribution in [0.4, 0.5) is 0 Å². The molecule has 7 rings (SSSR count). The van der Waals surface area contributed by atoms with E-state index < -0.39 is 0 Å². The van der Waals surface area contributed by atoms with Gasteiger partial charge in [-0.3, -0.25) is 19.9 Å². The summed E-state index contributed by atoms with van der Waals surface area (Å²) in [6.45, 7) is 2.88. The van der Waals surface area contributed by atoms with Gasteiger partial charge in [-0.05, 0) is 60.7 Å². The lowest BCUT2D eigenvalue weighted by molar-refractivity contribution is 0.0699. The van der Waals surface area contributed by atoms with Crippen molar-refractivity contribution >= 4 is 0 Å². The van der Waals surface area contributed by atoms with Crippen molar-refractivity contribution in [1.82, 2.24) is 29.9 Å². The third-order valence-corrected chi connectivity index (χ3v) is 8.12. The van der Waals surface area contributed by atoms with Crippen LogP contribution in [-0.2, 0) is 9.47 Å².